The molecule has 19 heteroatoms. The van der Waals surface area contributed by atoms with Crippen LogP contribution in [-0.4, -0.2) is 115 Å². The number of ether oxygens (including phenoxy) is 2. The maximum absolute atomic E-state index is 17.2. The molecule has 0 spiro atoms. The second kappa shape index (κ2) is 19.1. The number of aryl methyl sites for hydroxylation is 2. The highest BCUT2D eigenvalue weighted by atomic mass is 19.1. The molecule has 3 aromatic carbocycles. The second-order valence-electron chi connectivity index (χ2n) is 20.0. The number of para-hydroxylation sites is 1. The smallest absolute Gasteiger partial charge is 0.407 e. The number of benzene rings is 3. The van der Waals surface area contributed by atoms with Gasteiger partial charge in [-0.2, -0.15) is 9.97 Å². The topological polar surface area (TPSA) is 198 Å². The van der Waals surface area contributed by atoms with E-state index in [4.69, 9.17) is 20.9 Å². The Labute approximate surface area is 413 Å². The number of phenols is 1. The lowest BCUT2D eigenvalue weighted by Gasteiger charge is -2.35. The molecule has 17 nitrogen and oxygen atoms in total. The van der Waals surface area contributed by atoms with Gasteiger partial charge in [-0.05, 0) is 106 Å². The van der Waals surface area contributed by atoms with Crippen molar-refractivity contribution in [1.29, 1.82) is 0 Å². The fraction of sp³-hybridized carbons (Fsp3) is 0.453. The van der Waals surface area contributed by atoms with E-state index in [9.17, 15) is 24.3 Å². The molecule has 3 amide bonds. The Bertz CT molecular complexity index is 3270. The number of piperazine rings is 1. The largest absolute Gasteiger partial charge is 0.508 e. The number of aromatic nitrogens is 5. The Balaban J connectivity index is 0.732. The molecule has 72 heavy (non-hydrogen) atoms. The van der Waals surface area contributed by atoms with Crippen LogP contribution >= 0.6 is 0 Å². The number of hydrogen-bond acceptors (Lipinski definition) is 13. The van der Waals surface area contributed by atoms with Gasteiger partial charge in [-0.25, -0.2) is 18.4 Å². The summed E-state index contributed by atoms with van der Waals surface area (Å²) in [5.74, 6) is 0.518. The SMILES string of the molecule is C#Cc1c(F)ccc2cc(O)cc(-c3ncc4c(N5CC6CCC(C5)N6)nc(OC[C@@]56CCCN5[C@H](COC(=O)NCCCCCc5cccc7c5n(C)c(=O)n7C5CCC(=O)NC5=O)CC6)nc4c3F)c12. The third-order valence-electron chi connectivity index (χ3n) is 15.6. The van der Waals surface area contributed by atoms with Crippen LogP contribution in [-0.2, 0) is 27.8 Å². The summed E-state index contributed by atoms with van der Waals surface area (Å²) in [6, 6.07) is 10.9. The standard InChI is InChI=1S/C53H56F2N10O7/c1-3-36-39(54)15-12-31-23-35(66)24-37(43(31)36)45-44(55)46-38(25-57-45)48(63-26-32-13-14-33(27-63)58-32)61-50(60-46)72-29-53-19-8-22-64(53)34(18-20-53)28-71-51(69)56-21-6-4-5-9-30-10-7-11-40-47(30)62(2)52(70)65(40)41-16-17-42(67)59-49(41)68/h1,7,10-12,15,23-25,32-34,41,58,66H,4-6,8-9,13-14,16-22,26-29H2,2H3,(H,56,69)(H,59,67,68)/t32?,33?,34-,41?,53-/m0/s1. The predicted octanol–water partition coefficient (Wildman–Crippen LogP) is 5.90. The highest BCUT2D eigenvalue weighted by molar-refractivity contribution is 6.03. The van der Waals surface area contributed by atoms with Crippen LogP contribution in [0.15, 0.2) is 53.5 Å². The molecule has 0 radical (unpaired) electrons. The highest BCUT2D eigenvalue weighted by Crippen LogP contribution is 2.44. The van der Waals surface area contributed by atoms with Gasteiger partial charge in [0.25, 0.3) is 0 Å². The number of unbranched alkanes of at least 4 members (excludes halogenated alkanes) is 2. The van der Waals surface area contributed by atoms with E-state index in [1.807, 2.05) is 18.2 Å². The molecule has 0 aliphatic carbocycles. The summed E-state index contributed by atoms with van der Waals surface area (Å²) in [7, 11) is 1.70. The number of amides is 3. The van der Waals surface area contributed by atoms with Gasteiger partial charge >= 0.3 is 17.8 Å². The van der Waals surface area contributed by atoms with E-state index in [2.05, 4.69) is 41.6 Å². The molecule has 5 aliphatic rings. The number of imide groups is 1. The molecule has 0 saturated carbocycles. The second-order valence-corrected chi connectivity index (χ2v) is 20.0. The van der Waals surface area contributed by atoms with Crippen molar-refractivity contribution >= 4 is 56.4 Å². The summed E-state index contributed by atoms with van der Waals surface area (Å²) in [6.45, 7) is 3.02. The number of anilines is 1. The average molecular weight is 983 g/mol. The molecule has 6 aromatic rings. The van der Waals surface area contributed by atoms with Gasteiger partial charge < -0.3 is 30.1 Å². The van der Waals surface area contributed by atoms with E-state index < -0.39 is 29.7 Å². The molecule has 5 aliphatic heterocycles. The van der Waals surface area contributed by atoms with Gasteiger partial charge in [0.1, 0.15) is 47.9 Å². The van der Waals surface area contributed by atoms with Gasteiger partial charge in [0.05, 0.1) is 27.5 Å². The minimum atomic E-state index is -0.779. The molecule has 11 rings (SSSR count). The number of aromatic hydroxyl groups is 1. The summed E-state index contributed by atoms with van der Waals surface area (Å²) in [5, 5.41) is 20.7. The number of piperidine rings is 1. The summed E-state index contributed by atoms with van der Waals surface area (Å²) < 4.78 is 47.6. The van der Waals surface area contributed by atoms with E-state index in [1.165, 1.54) is 35.0 Å². The molecule has 8 heterocycles. The zero-order valence-corrected chi connectivity index (χ0v) is 40.0. The van der Waals surface area contributed by atoms with Crippen molar-refractivity contribution in [2.24, 2.45) is 7.05 Å². The minimum Gasteiger partial charge on any atom is -0.508 e. The monoisotopic (exact) mass is 982 g/mol. The number of terminal acetylenes is 1. The maximum Gasteiger partial charge on any atom is 0.407 e. The molecule has 5 fully saturated rings. The first-order valence-electron chi connectivity index (χ1n) is 25.0. The van der Waals surface area contributed by atoms with Crippen molar-refractivity contribution in [2.45, 2.75) is 107 Å². The first-order chi connectivity index (χ1) is 34.9. The maximum atomic E-state index is 17.2. The first-order valence-corrected chi connectivity index (χ1v) is 25.0. The Morgan fingerprint density at radius 1 is 1.03 bits per heavy atom. The Hall–Kier alpha value is -7.17. The van der Waals surface area contributed by atoms with Crippen LogP contribution in [0.2, 0.25) is 0 Å². The van der Waals surface area contributed by atoms with Crippen molar-refractivity contribution in [1.82, 2.24) is 44.9 Å². The molecule has 374 valence electrons. The van der Waals surface area contributed by atoms with Crippen molar-refractivity contribution in [3.05, 3.63) is 81.9 Å². The van der Waals surface area contributed by atoms with Gasteiger partial charge in [0.15, 0.2) is 5.82 Å². The number of carbonyl (C=O) groups is 3. The third kappa shape index (κ3) is 8.53. The van der Waals surface area contributed by atoms with Crippen molar-refractivity contribution in [3.63, 3.8) is 0 Å². The number of fused-ring (bicyclic) bond motifs is 6. The average Bonchev–Trinajstić information content (AvgIpc) is 4.11. The number of pyridine rings is 1. The van der Waals surface area contributed by atoms with Crippen LogP contribution in [0.5, 0.6) is 11.8 Å². The van der Waals surface area contributed by atoms with E-state index in [1.54, 1.807) is 11.6 Å². The van der Waals surface area contributed by atoms with E-state index in [-0.39, 0.29) is 101 Å². The summed E-state index contributed by atoms with van der Waals surface area (Å²) >= 11 is 0. The number of imidazole rings is 1. The highest BCUT2D eigenvalue weighted by Gasteiger charge is 2.50. The van der Waals surface area contributed by atoms with Gasteiger partial charge in [-0.3, -0.25) is 33.9 Å². The van der Waals surface area contributed by atoms with Gasteiger partial charge in [-0.1, -0.05) is 30.5 Å². The van der Waals surface area contributed by atoms with Crippen LogP contribution < -0.4 is 31.3 Å². The molecule has 3 aromatic heterocycles. The van der Waals surface area contributed by atoms with Crippen molar-refractivity contribution < 1.29 is 37.7 Å². The molecule has 5 atom stereocenters. The van der Waals surface area contributed by atoms with Crippen LogP contribution in [0.25, 0.3) is 44.0 Å². The number of halogens is 2. The van der Waals surface area contributed by atoms with Crippen LogP contribution in [0.4, 0.5) is 19.4 Å². The van der Waals surface area contributed by atoms with Gasteiger partial charge in [0.2, 0.25) is 11.8 Å². The Morgan fingerprint density at radius 3 is 2.67 bits per heavy atom. The number of alkyl carbamates (subject to hydrolysis) is 1. The summed E-state index contributed by atoms with van der Waals surface area (Å²) in [6.07, 6.45) is 15.7. The number of nitrogens with zero attached hydrogens (tertiary/aromatic N) is 7. The fourth-order valence-electron chi connectivity index (χ4n) is 12.2. The molecule has 3 unspecified atom stereocenters. The Morgan fingerprint density at radius 2 is 1.86 bits per heavy atom. The van der Waals surface area contributed by atoms with Crippen LogP contribution in [0.1, 0.15) is 87.8 Å². The normalized spacial score (nSPS) is 22.9. The lowest BCUT2D eigenvalue weighted by molar-refractivity contribution is -0.135. The fourth-order valence-corrected chi connectivity index (χ4v) is 12.2. The zero-order valence-electron chi connectivity index (χ0n) is 40.0. The molecular weight excluding hydrogens is 927 g/mol. The van der Waals surface area contributed by atoms with E-state index in [0.29, 0.717) is 48.2 Å². The van der Waals surface area contributed by atoms with E-state index >= 15 is 8.78 Å². The molecule has 4 N–H and O–H groups in total. The molecule has 2 bridgehead atoms. The lowest BCUT2D eigenvalue weighted by Crippen LogP contribution is -2.51. The lowest BCUT2D eigenvalue weighted by atomic mass is 9.95. The number of phenolic OH excluding ortho intramolecular Hbond substituents is 1. The number of carbonyl (C=O) groups excluding carboxylic acids is 3. The Kier molecular flexibility index (Phi) is 12.5. The van der Waals surface area contributed by atoms with Gasteiger partial charge in [0, 0.05) is 68.4 Å². The van der Waals surface area contributed by atoms with Crippen LogP contribution in [0, 0.1) is 24.0 Å². The molecule has 5 saturated heterocycles. The van der Waals surface area contributed by atoms with E-state index in [0.717, 1.165) is 75.4 Å². The van der Waals surface area contributed by atoms with Crippen molar-refractivity contribution in [2.75, 3.05) is 44.3 Å². The number of rotatable bonds is 14. The first kappa shape index (κ1) is 47.2. The third-order valence-corrected chi connectivity index (χ3v) is 15.6. The minimum absolute atomic E-state index is 0.0161. The molecular formula is C53H56F2N10O7. The summed E-state index contributed by atoms with van der Waals surface area (Å²) in [5.41, 5.74) is 1.66. The van der Waals surface area contributed by atoms with Gasteiger partial charge in [-0.15, -0.1) is 6.42 Å². The zero-order chi connectivity index (χ0) is 49.8. The van der Waals surface area contributed by atoms with Crippen molar-refractivity contribution in [3.8, 4) is 35.4 Å². The quantitative estimate of drug-likeness (QED) is 0.0573. The summed E-state index contributed by atoms with van der Waals surface area (Å²) in [4.78, 5) is 69.4. The number of hydrogen-bond donors (Lipinski definition) is 4. The predicted molar refractivity (Wildman–Crippen MR) is 265 cm³/mol. The van der Waals surface area contributed by atoms with Crippen LogP contribution in [0.3, 0.4) is 0 Å². The number of nitrogens with one attached hydrogen (secondary N) is 3.